The van der Waals surface area contributed by atoms with Gasteiger partial charge in [0.15, 0.2) is 0 Å². The van der Waals surface area contributed by atoms with Crippen molar-refractivity contribution in [3.63, 3.8) is 0 Å². The van der Waals surface area contributed by atoms with Gasteiger partial charge in [-0.2, -0.15) is 25.3 Å². The van der Waals surface area contributed by atoms with Gasteiger partial charge < -0.3 is 9.73 Å². The Kier molecular flexibility index (Phi) is 9.18. The van der Waals surface area contributed by atoms with Crippen molar-refractivity contribution in [2.24, 2.45) is 4.99 Å². The standard InChI is InChI=1S/C37H34N2O10S3/c1-19-13-20(2)35(21(3)14-19)38-25-7-10-28-31(16-25)49-32-17-26(39-36-22(4)15-23(5)37(24(36)6)52(46,47)48)8-11-29(32)34(28)30-12-9-27(50(40,41)42)18-33(30)51(43,44)45/h7-18,38H,1-6H3,(H,40,41,42)(H,43,44,45)(H,46,47,48)/b39-26-. The van der Waals surface area contributed by atoms with E-state index in [1.807, 2.05) is 32.9 Å². The van der Waals surface area contributed by atoms with Crippen molar-refractivity contribution in [3.8, 4) is 22.5 Å². The molecule has 270 valence electrons. The van der Waals surface area contributed by atoms with Crippen LogP contribution in [0.15, 0.2) is 96.9 Å². The molecule has 52 heavy (non-hydrogen) atoms. The summed E-state index contributed by atoms with van der Waals surface area (Å²) in [6.45, 7) is 10.8. The number of anilines is 2. The predicted molar refractivity (Wildman–Crippen MR) is 198 cm³/mol. The Labute approximate surface area is 301 Å². The minimum absolute atomic E-state index is 0.0701. The van der Waals surface area contributed by atoms with Crippen LogP contribution in [0.25, 0.3) is 33.4 Å². The van der Waals surface area contributed by atoms with Gasteiger partial charge in [-0.15, -0.1) is 0 Å². The van der Waals surface area contributed by atoms with E-state index in [-0.39, 0.29) is 32.9 Å². The molecule has 2 aliphatic rings. The van der Waals surface area contributed by atoms with Gasteiger partial charge in [0.05, 0.1) is 15.9 Å². The molecular weight excluding hydrogens is 729 g/mol. The molecule has 1 heterocycles. The van der Waals surface area contributed by atoms with Gasteiger partial charge in [0.25, 0.3) is 30.4 Å². The lowest BCUT2D eigenvalue weighted by molar-refractivity contribution is 0.478. The van der Waals surface area contributed by atoms with E-state index in [0.29, 0.717) is 44.9 Å². The van der Waals surface area contributed by atoms with Gasteiger partial charge in [0.1, 0.15) is 21.1 Å². The second-order valence-electron chi connectivity index (χ2n) is 12.8. The smallest absolute Gasteiger partial charge is 0.295 e. The van der Waals surface area contributed by atoms with Gasteiger partial charge >= 0.3 is 0 Å². The molecule has 0 radical (unpaired) electrons. The van der Waals surface area contributed by atoms with Crippen LogP contribution in [0.2, 0.25) is 0 Å². The second-order valence-corrected chi connectivity index (χ2v) is 16.9. The number of rotatable bonds is 7. The lowest BCUT2D eigenvalue weighted by Gasteiger charge is -2.19. The van der Waals surface area contributed by atoms with Crippen LogP contribution in [0.1, 0.15) is 33.4 Å². The average molecular weight is 763 g/mol. The summed E-state index contributed by atoms with van der Waals surface area (Å²) in [5, 5.41) is 4.17. The highest BCUT2D eigenvalue weighted by molar-refractivity contribution is 7.86. The van der Waals surface area contributed by atoms with Crippen molar-refractivity contribution in [3.05, 3.63) is 112 Å². The molecule has 4 N–H and O–H groups in total. The molecule has 0 saturated heterocycles. The van der Waals surface area contributed by atoms with E-state index in [1.165, 1.54) is 13.0 Å². The number of nitrogens with one attached hydrogen (secondary N) is 1. The summed E-state index contributed by atoms with van der Waals surface area (Å²) in [4.78, 5) is 2.96. The molecule has 0 amide bonds. The molecular formula is C37H34N2O10S3. The Hall–Kier alpha value is -4.90. The summed E-state index contributed by atoms with van der Waals surface area (Å²) >= 11 is 0. The molecule has 0 spiro atoms. The van der Waals surface area contributed by atoms with Crippen LogP contribution in [-0.2, 0) is 30.4 Å². The van der Waals surface area contributed by atoms with Crippen molar-refractivity contribution in [1.82, 2.24) is 0 Å². The first-order valence-electron chi connectivity index (χ1n) is 15.7. The molecule has 1 aliphatic carbocycles. The van der Waals surface area contributed by atoms with E-state index < -0.39 is 40.1 Å². The Bertz CT molecular complexity index is 2840. The number of fused-ring (bicyclic) bond motifs is 2. The average Bonchev–Trinajstić information content (AvgIpc) is 3.01. The molecule has 0 atom stereocenters. The summed E-state index contributed by atoms with van der Waals surface area (Å²) in [5.41, 5.74) is 7.03. The molecule has 4 aromatic rings. The third kappa shape index (κ3) is 6.98. The Morgan fingerprint density at radius 3 is 1.90 bits per heavy atom. The first kappa shape index (κ1) is 36.9. The highest BCUT2D eigenvalue weighted by Crippen LogP contribution is 2.44. The van der Waals surface area contributed by atoms with E-state index in [4.69, 9.17) is 9.41 Å². The van der Waals surface area contributed by atoms with Crippen molar-refractivity contribution < 1.29 is 43.3 Å². The molecule has 0 saturated carbocycles. The number of benzene rings is 5. The predicted octanol–water partition coefficient (Wildman–Crippen LogP) is 7.77. The Morgan fingerprint density at radius 2 is 1.29 bits per heavy atom. The number of hydrogen-bond acceptors (Lipinski definition) is 9. The molecule has 4 aromatic carbocycles. The molecule has 1 aliphatic heterocycles. The summed E-state index contributed by atoms with van der Waals surface area (Å²) in [6.07, 6.45) is 0. The first-order valence-corrected chi connectivity index (χ1v) is 20.0. The fourth-order valence-corrected chi connectivity index (χ4v) is 9.03. The normalized spacial score (nSPS) is 12.9. The van der Waals surface area contributed by atoms with E-state index in [1.54, 1.807) is 56.3 Å². The van der Waals surface area contributed by atoms with Gasteiger partial charge in [-0.25, -0.2) is 4.99 Å². The van der Waals surface area contributed by atoms with E-state index in [9.17, 15) is 38.9 Å². The van der Waals surface area contributed by atoms with Crippen molar-refractivity contribution in [2.45, 2.75) is 56.2 Å². The fourth-order valence-electron chi connectivity index (χ4n) is 6.78. The SMILES string of the molecule is Cc1cc(C)c(Nc2ccc3c(-c4ccc(S(=O)(=O)O)cc4S(=O)(=O)O)c4cc/c(=N/c5c(C)cc(C)c(S(=O)(=O)O)c5C)cc-4oc3c2)c(C)c1. The molecule has 0 aromatic heterocycles. The van der Waals surface area contributed by atoms with Crippen LogP contribution in [0, 0.1) is 41.5 Å². The minimum Gasteiger partial charge on any atom is -0.456 e. The summed E-state index contributed by atoms with van der Waals surface area (Å²) < 4.78 is 110. The van der Waals surface area contributed by atoms with Gasteiger partial charge in [0, 0.05) is 45.6 Å². The molecule has 0 unspecified atom stereocenters. The maximum absolute atomic E-state index is 12.7. The topological polar surface area (TPSA) is 201 Å². The van der Waals surface area contributed by atoms with Crippen LogP contribution in [0.4, 0.5) is 17.1 Å². The highest BCUT2D eigenvalue weighted by atomic mass is 32.2. The molecule has 0 fully saturated rings. The molecule has 12 nitrogen and oxygen atoms in total. The third-order valence-corrected chi connectivity index (χ3v) is 11.7. The van der Waals surface area contributed by atoms with Crippen molar-refractivity contribution in [2.75, 3.05) is 5.32 Å². The summed E-state index contributed by atoms with van der Waals surface area (Å²) in [6, 6.07) is 18.5. The highest BCUT2D eigenvalue weighted by Gasteiger charge is 2.27. The maximum atomic E-state index is 12.7. The zero-order valence-corrected chi connectivity index (χ0v) is 31.2. The van der Waals surface area contributed by atoms with Gasteiger partial charge in [-0.1, -0.05) is 29.8 Å². The monoisotopic (exact) mass is 762 g/mol. The first-order chi connectivity index (χ1) is 24.1. The maximum Gasteiger partial charge on any atom is 0.295 e. The van der Waals surface area contributed by atoms with E-state index in [2.05, 4.69) is 5.32 Å². The Balaban J connectivity index is 1.67. The number of hydrogen-bond donors (Lipinski definition) is 4. The molecule has 0 bridgehead atoms. The summed E-state index contributed by atoms with van der Waals surface area (Å²) in [5.74, 6) is 0.209. The zero-order valence-electron chi connectivity index (χ0n) is 28.8. The van der Waals surface area contributed by atoms with Crippen LogP contribution in [-0.4, -0.2) is 38.9 Å². The van der Waals surface area contributed by atoms with Crippen molar-refractivity contribution in [1.29, 1.82) is 0 Å². The van der Waals surface area contributed by atoms with Crippen LogP contribution < -0.4 is 10.7 Å². The molecule has 15 heteroatoms. The quantitative estimate of drug-likeness (QED) is 0.0914. The van der Waals surface area contributed by atoms with Crippen LogP contribution >= 0.6 is 0 Å². The largest absolute Gasteiger partial charge is 0.456 e. The molecule has 6 rings (SSSR count). The number of aryl methyl sites for hydroxylation is 5. The number of nitrogens with zero attached hydrogens (tertiary/aromatic N) is 1. The van der Waals surface area contributed by atoms with E-state index >= 15 is 0 Å². The lowest BCUT2D eigenvalue weighted by atomic mass is 9.93. The van der Waals surface area contributed by atoms with Crippen molar-refractivity contribution >= 4 is 58.4 Å². The van der Waals surface area contributed by atoms with E-state index in [0.717, 1.165) is 28.4 Å². The van der Waals surface area contributed by atoms with Crippen LogP contribution in [0.3, 0.4) is 0 Å². The zero-order chi connectivity index (χ0) is 38.1. The Morgan fingerprint density at radius 1 is 0.635 bits per heavy atom. The fraction of sp³-hybridized carbons (Fsp3) is 0.162. The van der Waals surface area contributed by atoms with Gasteiger partial charge in [-0.05, 0) is 106 Å². The summed E-state index contributed by atoms with van der Waals surface area (Å²) in [7, 11) is -14.5. The lowest BCUT2D eigenvalue weighted by Crippen LogP contribution is -2.08. The second kappa shape index (κ2) is 12.9. The third-order valence-electron chi connectivity index (χ3n) is 8.81. The minimum atomic E-state index is -5.05. The van der Waals surface area contributed by atoms with Gasteiger partial charge in [0.2, 0.25) is 0 Å². The van der Waals surface area contributed by atoms with Gasteiger partial charge in [-0.3, -0.25) is 13.7 Å². The van der Waals surface area contributed by atoms with Crippen LogP contribution in [0.5, 0.6) is 0 Å².